The standard InChI is InChI=1S/C17H22F3N3O2/c18-17(19,20)13-3-4-15(21-10-13)23-7-1-2-12(11-23)16(24)22-14-5-8-25-9-6-14/h3-4,10,12,14H,1-2,5-9,11H2,(H,22,24). The first-order valence-corrected chi connectivity index (χ1v) is 8.60. The number of nitrogens with zero attached hydrogens (tertiary/aromatic N) is 2. The summed E-state index contributed by atoms with van der Waals surface area (Å²) in [4.78, 5) is 18.3. The Morgan fingerprint density at radius 3 is 2.64 bits per heavy atom. The Morgan fingerprint density at radius 2 is 2.00 bits per heavy atom. The number of nitrogens with one attached hydrogen (secondary N) is 1. The first-order valence-electron chi connectivity index (χ1n) is 8.60. The molecular formula is C17H22F3N3O2. The maximum Gasteiger partial charge on any atom is 0.417 e. The number of hydrogen-bond acceptors (Lipinski definition) is 4. The molecule has 2 fully saturated rings. The van der Waals surface area contributed by atoms with E-state index in [0.717, 1.165) is 37.9 Å². The summed E-state index contributed by atoms with van der Waals surface area (Å²) in [6.45, 7) is 2.50. The lowest BCUT2D eigenvalue weighted by molar-refractivity contribution is -0.137. The van der Waals surface area contributed by atoms with Crippen LogP contribution in [0.15, 0.2) is 18.3 Å². The van der Waals surface area contributed by atoms with Gasteiger partial charge in [0.05, 0.1) is 11.5 Å². The molecule has 2 saturated heterocycles. The minimum Gasteiger partial charge on any atom is -0.381 e. The molecule has 1 amide bonds. The largest absolute Gasteiger partial charge is 0.417 e. The highest BCUT2D eigenvalue weighted by Crippen LogP contribution is 2.30. The molecular weight excluding hydrogens is 335 g/mol. The van der Waals surface area contributed by atoms with Crippen LogP contribution in [0.4, 0.5) is 19.0 Å². The number of halogens is 3. The molecule has 0 radical (unpaired) electrons. The van der Waals surface area contributed by atoms with Gasteiger partial charge in [-0.15, -0.1) is 0 Å². The van der Waals surface area contributed by atoms with Crippen molar-refractivity contribution in [3.05, 3.63) is 23.9 Å². The van der Waals surface area contributed by atoms with Crippen LogP contribution in [0.25, 0.3) is 0 Å². The fourth-order valence-electron chi connectivity index (χ4n) is 3.30. The van der Waals surface area contributed by atoms with Crippen LogP contribution in [0.5, 0.6) is 0 Å². The highest BCUT2D eigenvalue weighted by molar-refractivity contribution is 5.79. The van der Waals surface area contributed by atoms with E-state index in [1.54, 1.807) is 0 Å². The molecule has 0 aromatic carbocycles. The van der Waals surface area contributed by atoms with Crippen molar-refractivity contribution in [2.75, 3.05) is 31.2 Å². The Hall–Kier alpha value is -1.83. The molecule has 2 aliphatic heterocycles. The van der Waals surface area contributed by atoms with Crippen LogP contribution < -0.4 is 10.2 Å². The van der Waals surface area contributed by atoms with Crippen molar-refractivity contribution < 1.29 is 22.7 Å². The zero-order chi connectivity index (χ0) is 17.9. The van der Waals surface area contributed by atoms with Crippen LogP contribution in [0.2, 0.25) is 0 Å². The number of aromatic nitrogens is 1. The van der Waals surface area contributed by atoms with Gasteiger partial charge in [-0.25, -0.2) is 4.98 Å². The molecule has 3 rings (SSSR count). The van der Waals surface area contributed by atoms with Gasteiger partial charge >= 0.3 is 6.18 Å². The fraction of sp³-hybridized carbons (Fsp3) is 0.647. The molecule has 0 bridgehead atoms. The summed E-state index contributed by atoms with van der Waals surface area (Å²) >= 11 is 0. The summed E-state index contributed by atoms with van der Waals surface area (Å²) in [6, 6.07) is 2.57. The van der Waals surface area contributed by atoms with E-state index in [9.17, 15) is 18.0 Å². The molecule has 25 heavy (non-hydrogen) atoms. The predicted octanol–water partition coefficient (Wildman–Crippen LogP) is 2.61. The van der Waals surface area contributed by atoms with E-state index in [2.05, 4.69) is 10.3 Å². The van der Waals surface area contributed by atoms with Gasteiger partial charge in [0, 0.05) is 38.5 Å². The second-order valence-electron chi connectivity index (χ2n) is 6.58. The van der Waals surface area contributed by atoms with Gasteiger partial charge in [-0.2, -0.15) is 13.2 Å². The van der Waals surface area contributed by atoms with Crippen molar-refractivity contribution in [2.24, 2.45) is 5.92 Å². The quantitative estimate of drug-likeness (QED) is 0.904. The summed E-state index contributed by atoms with van der Waals surface area (Å²) in [7, 11) is 0. The summed E-state index contributed by atoms with van der Waals surface area (Å²) in [6.07, 6.45) is -0.299. The van der Waals surface area contributed by atoms with Gasteiger partial charge < -0.3 is 15.0 Å². The molecule has 2 aliphatic rings. The van der Waals surface area contributed by atoms with Gasteiger partial charge in [0.15, 0.2) is 0 Å². The van der Waals surface area contributed by atoms with E-state index in [-0.39, 0.29) is 17.9 Å². The number of alkyl halides is 3. The summed E-state index contributed by atoms with van der Waals surface area (Å²) in [5.74, 6) is 0.334. The number of piperidine rings is 1. The maximum absolute atomic E-state index is 12.6. The average Bonchev–Trinajstić information content (AvgIpc) is 2.62. The molecule has 1 atom stereocenters. The second kappa shape index (κ2) is 7.59. The Balaban J connectivity index is 1.59. The first-order chi connectivity index (χ1) is 11.9. The number of hydrogen-bond donors (Lipinski definition) is 1. The Morgan fingerprint density at radius 1 is 1.24 bits per heavy atom. The molecule has 1 aromatic heterocycles. The number of carbonyl (C=O) groups excluding carboxylic acids is 1. The molecule has 0 spiro atoms. The highest BCUT2D eigenvalue weighted by Gasteiger charge is 2.32. The Bertz CT molecular complexity index is 586. The highest BCUT2D eigenvalue weighted by atomic mass is 19.4. The van der Waals surface area contributed by atoms with E-state index in [0.29, 0.717) is 32.1 Å². The second-order valence-corrected chi connectivity index (χ2v) is 6.58. The summed E-state index contributed by atoms with van der Waals surface area (Å²) in [5, 5.41) is 3.07. The normalized spacial score (nSPS) is 22.7. The third-order valence-corrected chi connectivity index (χ3v) is 4.76. The van der Waals surface area contributed by atoms with E-state index < -0.39 is 11.7 Å². The van der Waals surface area contributed by atoms with Gasteiger partial charge in [0.25, 0.3) is 0 Å². The van der Waals surface area contributed by atoms with Crippen LogP contribution in [0.3, 0.4) is 0 Å². The minimum absolute atomic E-state index is 0.0171. The van der Waals surface area contributed by atoms with Crippen LogP contribution in [-0.4, -0.2) is 43.2 Å². The Labute approximate surface area is 144 Å². The number of ether oxygens (including phenoxy) is 1. The molecule has 0 aliphatic carbocycles. The number of anilines is 1. The van der Waals surface area contributed by atoms with Crippen molar-refractivity contribution in [3.63, 3.8) is 0 Å². The number of carbonyl (C=O) groups is 1. The molecule has 5 nitrogen and oxygen atoms in total. The van der Waals surface area contributed by atoms with Crippen molar-refractivity contribution in [3.8, 4) is 0 Å². The minimum atomic E-state index is -4.39. The van der Waals surface area contributed by atoms with Crippen molar-refractivity contribution in [1.29, 1.82) is 0 Å². The number of amides is 1. The fourth-order valence-corrected chi connectivity index (χ4v) is 3.30. The van der Waals surface area contributed by atoms with E-state index in [1.807, 2.05) is 4.90 Å². The molecule has 1 N–H and O–H groups in total. The monoisotopic (exact) mass is 357 g/mol. The lowest BCUT2D eigenvalue weighted by Crippen LogP contribution is -2.47. The lowest BCUT2D eigenvalue weighted by Gasteiger charge is -2.34. The SMILES string of the molecule is O=C(NC1CCOCC1)C1CCCN(c2ccc(C(F)(F)F)cn2)C1. The molecule has 1 aromatic rings. The number of rotatable bonds is 3. The third-order valence-electron chi connectivity index (χ3n) is 4.76. The van der Waals surface area contributed by atoms with Crippen LogP contribution in [0, 0.1) is 5.92 Å². The van der Waals surface area contributed by atoms with E-state index in [4.69, 9.17) is 4.74 Å². The molecule has 8 heteroatoms. The summed E-state index contributed by atoms with van der Waals surface area (Å²) < 4.78 is 43.2. The lowest BCUT2D eigenvalue weighted by atomic mass is 9.96. The van der Waals surface area contributed by atoms with Gasteiger partial charge in [-0.3, -0.25) is 4.79 Å². The number of pyridine rings is 1. The third kappa shape index (κ3) is 4.62. The van der Waals surface area contributed by atoms with E-state index >= 15 is 0 Å². The molecule has 138 valence electrons. The summed E-state index contributed by atoms with van der Waals surface area (Å²) in [5.41, 5.74) is -0.762. The van der Waals surface area contributed by atoms with Gasteiger partial charge in [0.2, 0.25) is 5.91 Å². The average molecular weight is 357 g/mol. The Kier molecular flexibility index (Phi) is 5.46. The van der Waals surface area contributed by atoms with Gasteiger partial charge in [-0.05, 0) is 37.8 Å². The van der Waals surface area contributed by atoms with Gasteiger partial charge in [0.1, 0.15) is 5.82 Å². The first kappa shape index (κ1) is 18.0. The van der Waals surface area contributed by atoms with Crippen LogP contribution >= 0.6 is 0 Å². The van der Waals surface area contributed by atoms with Crippen molar-refractivity contribution in [1.82, 2.24) is 10.3 Å². The predicted molar refractivity (Wildman–Crippen MR) is 86.2 cm³/mol. The zero-order valence-corrected chi connectivity index (χ0v) is 13.9. The van der Waals surface area contributed by atoms with Crippen molar-refractivity contribution in [2.45, 2.75) is 37.9 Å². The van der Waals surface area contributed by atoms with E-state index in [1.165, 1.54) is 6.07 Å². The van der Waals surface area contributed by atoms with Crippen molar-refractivity contribution >= 4 is 11.7 Å². The van der Waals surface area contributed by atoms with Crippen LogP contribution in [0.1, 0.15) is 31.2 Å². The molecule has 3 heterocycles. The molecule has 1 unspecified atom stereocenters. The zero-order valence-electron chi connectivity index (χ0n) is 13.9. The topological polar surface area (TPSA) is 54.5 Å². The van der Waals surface area contributed by atoms with Gasteiger partial charge in [-0.1, -0.05) is 0 Å². The molecule has 0 saturated carbocycles. The van der Waals surface area contributed by atoms with Crippen LogP contribution in [-0.2, 0) is 15.7 Å². The smallest absolute Gasteiger partial charge is 0.381 e. The maximum atomic E-state index is 12.6.